The molecular weight excluding hydrogens is 252 g/mol. The Morgan fingerprint density at radius 3 is 2.40 bits per heavy atom. The molecule has 1 saturated carbocycles. The minimum atomic E-state index is -0.177. The summed E-state index contributed by atoms with van der Waals surface area (Å²) in [5.74, 6) is 0.566. The van der Waals surface area contributed by atoms with Crippen LogP contribution in [0.3, 0.4) is 0 Å². The summed E-state index contributed by atoms with van der Waals surface area (Å²) in [6.07, 6.45) is 3.46. The predicted molar refractivity (Wildman–Crippen MR) is 82.7 cm³/mol. The second kappa shape index (κ2) is 8.63. The van der Waals surface area contributed by atoms with Crippen molar-refractivity contribution in [2.75, 3.05) is 19.7 Å². The highest BCUT2D eigenvalue weighted by atomic mass is 16.5. The van der Waals surface area contributed by atoms with Gasteiger partial charge < -0.3 is 15.0 Å². The summed E-state index contributed by atoms with van der Waals surface area (Å²) in [5, 5.41) is 3.33. The van der Waals surface area contributed by atoms with Crippen LogP contribution in [0.4, 0.5) is 0 Å². The van der Waals surface area contributed by atoms with Crippen LogP contribution in [0.2, 0.25) is 0 Å². The molecule has 0 bridgehead atoms. The number of hydrogen-bond acceptors (Lipinski definition) is 4. The van der Waals surface area contributed by atoms with Gasteiger partial charge in [0.25, 0.3) is 0 Å². The Kier molecular flexibility index (Phi) is 7.52. The first kappa shape index (κ1) is 17.4. The first-order valence-electron chi connectivity index (χ1n) is 8.10. The predicted octanol–water partition coefficient (Wildman–Crippen LogP) is 2.43. The summed E-state index contributed by atoms with van der Waals surface area (Å²) < 4.78 is 5.17. The summed E-state index contributed by atoms with van der Waals surface area (Å²) in [7, 11) is 0. The van der Waals surface area contributed by atoms with E-state index in [0.717, 1.165) is 25.6 Å². The van der Waals surface area contributed by atoms with Gasteiger partial charge in [0, 0.05) is 25.2 Å². The highest BCUT2D eigenvalue weighted by Crippen LogP contribution is 2.27. The van der Waals surface area contributed by atoms with Gasteiger partial charge in [-0.05, 0) is 32.1 Å². The summed E-state index contributed by atoms with van der Waals surface area (Å²) in [6, 6.07) is 0.867. The minimum absolute atomic E-state index is 0.110. The maximum atomic E-state index is 12.0. The maximum Gasteiger partial charge on any atom is 0.323 e. The molecule has 4 nitrogen and oxygen atoms in total. The molecule has 1 N–H and O–H groups in total. The maximum absolute atomic E-state index is 12.0. The number of rotatable bonds is 10. The molecule has 0 radical (unpaired) electrons. The molecule has 1 atom stereocenters. The van der Waals surface area contributed by atoms with E-state index < -0.39 is 0 Å². The number of esters is 1. The molecule has 0 aromatic carbocycles. The van der Waals surface area contributed by atoms with Crippen molar-refractivity contribution in [3.8, 4) is 0 Å². The van der Waals surface area contributed by atoms with E-state index in [1.54, 1.807) is 0 Å². The molecule has 1 aliphatic rings. The SMILES string of the molecule is CCOC(=O)C(CCN(CC(C)C)C1CC1)NC(C)C. The fourth-order valence-electron chi connectivity index (χ4n) is 2.54. The Morgan fingerprint density at radius 2 is 1.95 bits per heavy atom. The highest BCUT2D eigenvalue weighted by molar-refractivity contribution is 5.75. The van der Waals surface area contributed by atoms with E-state index in [1.165, 1.54) is 12.8 Å². The zero-order valence-electron chi connectivity index (χ0n) is 13.8. The van der Waals surface area contributed by atoms with Crippen LogP contribution < -0.4 is 5.32 Å². The number of hydrogen-bond donors (Lipinski definition) is 1. The highest BCUT2D eigenvalue weighted by Gasteiger charge is 2.30. The summed E-state index contributed by atoms with van der Waals surface area (Å²) >= 11 is 0. The van der Waals surface area contributed by atoms with Gasteiger partial charge >= 0.3 is 5.97 Å². The lowest BCUT2D eigenvalue weighted by molar-refractivity contribution is -0.146. The molecule has 1 rings (SSSR count). The normalized spacial score (nSPS) is 17.0. The zero-order chi connectivity index (χ0) is 15.1. The van der Waals surface area contributed by atoms with Crippen LogP contribution in [0, 0.1) is 5.92 Å². The Morgan fingerprint density at radius 1 is 1.30 bits per heavy atom. The summed E-state index contributed by atoms with van der Waals surface area (Å²) in [6.45, 7) is 13.1. The van der Waals surface area contributed by atoms with Crippen molar-refractivity contribution < 1.29 is 9.53 Å². The van der Waals surface area contributed by atoms with Crippen molar-refractivity contribution in [1.29, 1.82) is 0 Å². The topological polar surface area (TPSA) is 41.6 Å². The first-order chi connectivity index (χ1) is 9.43. The molecule has 0 aliphatic heterocycles. The molecule has 1 fully saturated rings. The van der Waals surface area contributed by atoms with Crippen LogP contribution >= 0.6 is 0 Å². The number of carbonyl (C=O) groups is 1. The third-order valence-electron chi connectivity index (χ3n) is 3.47. The Balaban J connectivity index is 2.47. The average Bonchev–Trinajstić information content (AvgIpc) is 3.16. The molecular formula is C16H32N2O2. The molecule has 0 spiro atoms. The van der Waals surface area contributed by atoms with Gasteiger partial charge in [-0.3, -0.25) is 4.79 Å². The van der Waals surface area contributed by atoms with Gasteiger partial charge in [-0.25, -0.2) is 0 Å². The van der Waals surface area contributed by atoms with Crippen molar-refractivity contribution in [2.45, 2.75) is 72.0 Å². The van der Waals surface area contributed by atoms with Gasteiger partial charge in [-0.15, -0.1) is 0 Å². The summed E-state index contributed by atoms with van der Waals surface area (Å²) in [5.41, 5.74) is 0. The molecule has 0 heterocycles. The number of ether oxygens (including phenoxy) is 1. The van der Waals surface area contributed by atoms with Crippen molar-refractivity contribution >= 4 is 5.97 Å². The van der Waals surface area contributed by atoms with Crippen LogP contribution in [0.15, 0.2) is 0 Å². The first-order valence-corrected chi connectivity index (χ1v) is 8.10. The smallest absolute Gasteiger partial charge is 0.323 e. The third-order valence-corrected chi connectivity index (χ3v) is 3.47. The molecule has 0 aromatic heterocycles. The minimum Gasteiger partial charge on any atom is -0.465 e. The van der Waals surface area contributed by atoms with Gasteiger partial charge in [-0.2, -0.15) is 0 Å². The molecule has 118 valence electrons. The van der Waals surface area contributed by atoms with Crippen molar-refractivity contribution in [3.63, 3.8) is 0 Å². The standard InChI is InChI=1S/C16H32N2O2/c1-6-20-16(19)15(17-13(4)5)9-10-18(11-12(2)3)14-7-8-14/h12-15,17H,6-11H2,1-5H3. The van der Waals surface area contributed by atoms with E-state index in [4.69, 9.17) is 4.74 Å². The molecule has 0 amide bonds. The van der Waals surface area contributed by atoms with Gasteiger partial charge in [0.2, 0.25) is 0 Å². The third kappa shape index (κ3) is 6.71. The van der Waals surface area contributed by atoms with Crippen molar-refractivity contribution in [3.05, 3.63) is 0 Å². The van der Waals surface area contributed by atoms with E-state index in [0.29, 0.717) is 18.6 Å². The van der Waals surface area contributed by atoms with Gasteiger partial charge in [0.05, 0.1) is 6.61 Å². The van der Waals surface area contributed by atoms with Gasteiger partial charge in [-0.1, -0.05) is 27.7 Å². The fraction of sp³-hybridized carbons (Fsp3) is 0.938. The van der Waals surface area contributed by atoms with E-state index in [2.05, 4.69) is 37.9 Å². The number of nitrogens with zero attached hydrogens (tertiary/aromatic N) is 1. The second-order valence-electron chi connectivity index (χ2n) is 6.53. The lowest BCUT2D eigenvalue weighted by atomic mass is 10.1. The molecule has 0 saturated heterocycles. The van der Waals surface area contributed by atoms with Crippen LogP contribution in [-0.4, -0.2) is 48.7 Å². The van der Waals surface area contributed by atoms with Crippen LogP contribution in [0.1, 0.15) is 53.9 Å². The van der Waals surface area contributed by atoms with E-state index in [9.17, 15) is 4.79 Å². The largest absolute Gasteiger partial charge is 0.465 e. The van der Waals surface area contributed by atoms with Crippen molar-refractivity contribution in [1.82, 2.24) is 10.2 Å². The van der Waals surface area contributed by atoms with E-state index >= 15 is 0 Å². The Hall–Kier alpha value is -0.610. The lowest BCUT2D eigenvalue weighted by Gasteiger charge is -2.27. The van der Waals surface area contributed by atoms with E-state index in [1.807, 2.05) is 6.92 Å². The Labute approximate surface area is 124 Å². The van der Waals surface area contributed by atoms with Crippen LogP contribution in [0.5, 0.6) is 0 Å². The second-order valence-corrected chi connectivity index (χ2v) is 6.53. The molecule has 1 aliphatic carbocycles. The van der Waals surface area contributed by atoms with Crippen LogP contribution in [-0.2, 0) is 9.53 Å². The monoisotopic (exact) mass is 284 g/mol. The molecule has 20 heavy (non-hydrogen) atoms. The molecule has 1 unspecified atom stereocenters. The van der Waals surface area contributed by atoms with Crippen molar-refractivity contribution in [2.24, 2.45) is 5.92 Å². The number of nitrogens with one attached hydrogen (secondary N) is 1. The van der Waals surface area contributed by atoms with E-state index in [-0.39, 0.29) is 12.0 Å². The number of carbonyl (C=O) groups excluding carboxylic acids is 1. The van der Waals surface area contributed by atoms with Gasteiger partial charge in [0.15, 0.2) is 0 Å². The average molecular weight is 284 g/mol. The molecule has 0 aromatic rings. The quantitative estimate of drug-likeness (QED) is 0.626. The lowest BCUT2D eigenvalue weighted by Crippen LogP contribution is -2.44. The van der Waals surface area contributed by atoms with Crippen LogP contribution in [0.25, 0.3) is 0 Å². The Bertz CT molecular complexity index is 288. The van der Waals surface area contributed by atoms with Gasteiger partial charge in [0.1, 0.15) is 6.04 Å². The summed E-state index contributed by atoms with van der Waals surface area (Å²) in [4.78, 5) is 14.5. The molecule has 4 heteroatoms. The zero-order valence-corrected chi connectivity index (χ0v) is 13.8. The fourth-order valence-corrected chi connectivity index (χ4v) is 2.54.